The Hall–Kier alpha value is -2.58. The van der Waals surface area contributed by atoms with Crippen LogP contribution in [0.5, 0.6) is 5.75 Å². The van der Waals surface area contributed by atoms with E-state index in [2.05, 4.69) is 24.1 Å². The van der Waals surface area contributed by atoms with Crippen LogP contribution in [0.4, 0.5) is 5.95 Å². The number of methoxy groups -OCH3 is 2. The van der Waals surface area contributed by atoms with E-state index >= 15 is 0 Å². The predicted octanol–water partition coefficient (Wildman–Crippen LogP) is 1.71. The number of ether oxygens (including phenoxy) is 2. The largest absolute Gasteiger partial charge is 0.496 e. The van der Waals surface area contributed by atoms with Crippen LogP contribution in [0.1, 0.15) is 23.0 Å². The molecule has 12 nitrogen and oxygen atoms in total. The summed E-state index contributed by atoms with van der Waals surface area (Å²) in [6.07, 6.45) is 2.75. The molecule has 164 valence electrons. The van der Waals surface area contributed by atoms with Crippen molar-refractivity contribution < 1.29 is 26.6 Å². The minimum atomic E-state index is -4.16. The average Bonchev–Trinajstić information content (AvgIpc) is 3.08. The topological polar surface area (TPSA) is 165 Å². The Morgan fingerprint density at radius 2 is 1.83 bits per heavy atom. The summed E-state index contributed by atoms with van der Waals surface area (Å²) in [5.74, 6) is 0.828. The van der Waals surface area contributed by atoms with E-state index in [1.54, 1.807) is 31.3 Å². The quantitative estimate of drug-likeness (QED) is 0.420. The Kier molecular flexibility index (Phi) is 7.49. The van der Waals surface area contributed by atoms with Gasteiger partial charge in [-0.05, 0) is 13.8 Å². The molecule has 0 radical (unpaired) electrons. The van der Waals surface area contributed by atoms with Crippen molar-refractivity contribution >= 4 is 39.1 Å². The highest BCUT2D eigenvalue weighted by atomic mass is 35.5. The average molecular weight is 461 g/mol. The molecule has 0 spiro atoms. The van der Waals surface area contributed by atoms with Crippen LogP contribution in [0.25, 0.3) is 11.2 Å². The van der Waals surface area contributed by atoms with Crippen molar-refractivity contribution in [2.24, 2.45) is 0 Å². The van der Waals surface area contributed by atoms with Gasteiger partial charge in [-0.15, -0.1) is 0 Å². The van der Waals surface area contributed by atoms with Gasteiger partial charge in [-0.3, -0.25) is 18.3 Å². The van der Waals surface area contributed by atoms with Gasteiger partial charge in [0.15, 0.2) is 17.0 Å². The summed E-state index contributed by atoms with van der Waals surface area (Å²) in [6.45, 7) is 3.86. The minimum Gasteiger partial charge on any atom is -0.496 e. The number of nitrogens with zero attached hydrogens (tertiary/aromatic N) is 5. The van der Waals surface area contributed by atoms with E-state index in [1.807, 2.05) is 13.8 Å². The molecule has 0 aliphatic carbocycles. The van der Waals surface area contributed by atoms with Crippen molar-refractivity contribution in [2.45, 2.75) is 20.1 Å². The van der Waals surface area contributed by atoms with Gasteiger partial charge < -0.3 is 15.2 Å². The molecule has 0 aliphatic rings. The lowest BCUT2D eigenvalue weighted by Gasteiger charge is -2.20. The van der Waals surface area contributed by atoms with E-state index in [-0.39, 0.29) is 11.1 Å². The number of rotatable bonds is 5. The summed E-state index contributed by atoms with van der Waals surface area (Å²) in [7, 11) is -0.0860. The standard InChI is InChI=1S/C15H17ClN6O2.CH4O4S/c1-7-5-18-9(8(2)11(7)23-3)14(24-4)22-6-19-10-12(16)20-15(17)21-13(10)22;1-5-6(2,3)4/h5-6,14H,1-4H3,(H2,17,20,21);1H3,(H,2,3,4). The fourth-order valence-electron chi connectivity index (χ4n) is 2.72. The first kappa shape index (κ1) is 23.7. The number of nitrogen functional groups attached to an aromatic ring is 1. The molecule has 0 fully saturated rings. The van der Waals surface area contributed by atoms with Crippen LogP contribution in [0, 0.1) is 13.8 Å². The van der Waals surface area contributed by atoms with Crippen molar-refractivity contribution in [3.05, 3.63) is 34.5 Å². The predicted molar refractivity (Wildman–Crippen MR) is 109 cm³/mol. The van der Waals surface area contributed by atoms with Crippen LogP contribution >= 0.6 is 11.6 Å². The Bertz CT molecular complexity index is 1150. The fraction of sp³-hybridized carbons (Fsp3) is 0.375. The van der Waals surface area contributed by atoms with Gasteiger partial charge >= 0.3 is 10.4 Å². The third-order valence-corrected chi connectivity index (χ3v) is 4.69. The summed E-state index contributed by atoms with van der Waals surface area (Å²) in [4.78, 5) is 16.9. The lowest BCUT2D eigenvalue weighted by Crippen LogP contribution is -2.16. The van der Waals surface area contributed by atoms with E-state index in [0.717, 1.165) is 24.0 Å². The second-order valence-corrected chi connectivity index (χ2v) is 7.41. The Morgan fingerprint density at radius 3 is 2.37 bits per heavy atom. The van der Waals surface area contributed by atoms with Crippen molar-refractivity contribution in [3.63, 3.8) is 0 Å². The van der Waals surface area contributed by atoms with E-state index in [9.17, 15) is 8.42 Å². The van der Waals surface area contributed by atoms with Gasteiger partial charge in [0.2, 0.25) is 5.95 Å². The third kappa shape index (κ3) is 5.12. The van der Waals surface area contributed by atoms with E-state index in [1.165, 1.54) is 0 Å². The van der Waals surface area contributed by atoms with E-state index in [0.29, 0.717) is 16.9 Å². The van der Waals surface area contributed by atoms with Crippen LogP contribution < -0.4 is 10.5 Å². The summed E-state index contributed by atoms with van der Waals surface area (Å²) >= 11 is 6.09. The molecule has 0 saturated carbocycles. The monoisotopic (exact) mass is 460 g/mol. The molecular weight excluding hydrogens is 440 g/mol. The normalized spacial score (nSPS) is 12.4. The van der Waals surface area contributed by atoms with Gasteiger partial charge in [0, 0.05) is 24.4 Å². The number of anilines is 1. The van der Waals surface area contributed by atoms with Crippen molar-refractivity contribution in [1.29, 1.82) is 0 Å². The van der Waals surface area contributed by atoms with Gasteiger partial charge in [0.25, 0.3) is 0 Å². The zero-order valence-electron chi connectivity index (χ0n) is 16.8. The summed E-state index contributed by atoms with van der Waals surface area (Å²) in [5.41, 5.74) is 9.13. The van der Waals surface area contributed by atoms with Crippen LogP contribution in [0.3, 0.4) is 0 Å². The zero-order chi connectivity index (χ0) is 22.6. The van der Waals surface area contributed by atoms with Crippen LogP contribution in [0.2, 0.25) is 5.15 Å². The number of nitrogens with two attached hydrogens (primary N) is 1. The third-order valence-electron chi connectivity index (χ3n) is 4.00. The lowest BCUT2D eigenvalue weighted by atomic mass is 10.1. The number of pyridine rings is 1. The minimum absolute atomic E-state index is 0.0651. The van der Waals surface area contributed by atoms with Gasteiger partial charge in [-0.1, -0.05) is 11.6 Å². The molecule has 3 rings (SSSR count). The molecule has 0 amide bonds. The van der Waals surface area contributed by atoms with Crippen LogP contribution in [-0.4, -0.2) is 58.8 Å². The van der Waals surface area contributed by atoms with Crippen molar-refractivity contribution in [3.8, 4) is 5.75 Å². The number of halogens is 1. The number of aryl methyl sites for hydroxylation is 1. The molecule has 3 aromatic heterocycles. The maximum absolute atomic E-state index is 9.33. The summed E-state index contributed by atoms with van der Waals surface area (Å²) in [6, 6.07) is 0. The molecule has 1 atom stereocenters. The van der Waals surface area contributed by atoms with Gasteiger partial charge in [-0.25, -0.2) is 4.98 Å². The first-order valence-corrected chi connectivity index (χ1v) is 9.99. The highest BCUT2D eigenvalue weighted by molar-refractivity contribution is 7.80. The number of hydrogen-bond acceptors (Lipinski definition) is 10. The highest BCUT2D eigenvalue weighted by Crippen LogP contribution is 2.31. The zero-order valence-corrected chi connectivity index (χ0v) is 18.4. The van der Waals surface area contributed by atoms with E-state index < -0.39 is 16.6 Å². The van der Waals surface area contributed by atoms with Gasteiger partial charge in [-0.2, -0.15) is 18.4 Å². The smallest absolute Gasteiger partial charge is 0.397 e. The fourth-order valence-corrected chi connectivity index (χ4v) is 2.94. The molecule has 0 aromatic carbocycles. The van der Waals surface area contributed by atoms with Crippen molar-refractivity contribution in [2.75, 3.05) is 27.1 Å². The van der Waals surface area contributed by atoms with E-state index in [4.69, 9.17) is 31.4 Å². The summed E-state index contributed by atoms with van der Waals surface area (Å²) < 4.78 is 42.5. The second kappa shape index (κ2) is 9.49. The maximum Gasteiger partial charge on any atom is 0.397 e. The molecular formula is C16H21ClN6O6S. The maximum atomic E-state index is 9.33. The van der Waals surface area contributed by atoms with Crippen LogP contribution in [-0.2, 0) is 19.3 Å². The molecule has 14 heteroatoms. The number of aromatic nitrogens is 5. The Morgan fingerprint density at radius 1 is 1.20 bits per heavy atom. The number of fused-ring (bicyclic) bond motifs is 1. The molecule has 3 heterocycles. The first-order chi connectivity index (χ1) is 14.0. The number of hydrogen-bond donors (Lipinski definition) is 2. The lowest BCUT2D eigenvalue weighted by molar-refractivity contribution is 0.0769. The molecule has 0 saturated heterocycles. The summed E-state index contributed by atoms with van der Waals surface area (Å²) in [5, 5.41) is 0.192. The molecule has 3 aromatic rings. The van der Waals surface area contributed by atoms with Crippen LogP contribution in [0.15, 0.2) is 12.5 Å². The Balaban J connectivity index is 0.000000469. The van der Waals surface area contributed by atoms with Gasteiger partial charge in [0.1, 0.15) is 11.3 Å². The Labute approximate surface area is 177 Å². The molecule has 0 aliphatic heterocycles. The first-order valence-electron chi connectivity index (χ1n) is 8.25. The number of imidazole rings is 1. The van der Waals surface area contributed by atoms with Gasteiger partial charge in [0.05, 0.1) is 26.2 Å². The molecule has 1 unspecified atom stereocenters. The molecule has 3 N–H and O–H groups in total. The second-order valence-electron chi connectivity index (χ2n) is 5.86. The SMILES string of the molecule is COS(=O)(=O)O.COc1c(C)cnc(C(OC)n2cnc3c(Cl)nc(N)nc32)c1C. The molecule has 30 heavy (non-hydrogen) atoms. The highest BCUT2D eigenvalue weighted by Gasteiger charge is 2.23. The van der Waals surface area contributed by atoms with Crippen molar-refractivity contribution in [1.82, 2.24) is 24.5 Å². The molecule has 0 bridgehead atoms.